The van der Waals surface area contributed by atoms with Crippen molar-refractivity contribution in [1.29, 1.82) is 0 Å². The number of nitrogens with zero attached hydrogens (tertiary/aromatic N) is 2. The fourth-order valence-electron chi connectivity index (χ4n) is 1.58. The summed E-state index contributed by atoms with van der Waals surface area (Å²) in [5, 5.41) is 9.05. The van der Waals surface area contributed by atoms with Gasteiger partial charge < -0.3 is 10.0 Å². The van der Waals surface area contributed by atoms with Gasteiger partial charge in [0.2, 0.25) is 0 Å². The number of halogens is 2. The lowest BCUT2D eigenvalue weighted by Crippen LogP contribution is -2.12. The Balaban J connectivity index is 2.36. The lowest BCUT2D eigenvalue weighted by atomic mass is 10.2. The van der Waals surface area contributed by atoms with E-state index in [-0.39, 0.29) is 16.4 Å². The number of pyridine rings is 1. The molecule has 1 N–H and O–H groups in total. The first kappa shape index (κ1) is 13.3. The van der Waals surface area contributed by atoms with Gasteiger partial charge in [-0.1, -0.05) is 11.6 Å². The van der Waals surface area contributed by atoms with E-state index in [0.717, 1.165) is 0 Å². The number of aromatic carboxylic acids is 1. The molecule has 1 aromatic heterocycles. The average molecular weight is 281 g/mol. The van der Waals surface area contributed by atoms with Gasteiger partial charge in [0.1, 0.15) is 5.82 Å². The third-order valence-corrected chi connectivity index (χ3v) is 2.88. The Morgan fingerprint density at radius 1 is 1.37 bits per heavy atom. The molecule has 0 amide bonds. The van der Waals surface area contributed by atoms with E-state index in [1.165, 1.54) is 24.4 Å². The molecule has 1 aromatic carbocycles. The highest BCUT2D eigenvalue weighted by Gasteiger charge is 2.13. The Hall–Kier alpha value is -2.14. The van der Waals surface area contributed by atoms with Crippen molar-refractivity contribution >= 4 is 29.1 Å². The summed E-state index contributed by atoms with van der Waals surface area (Å²) in [5.74, 6) is -1.03. The van der Waals surface area contributed by atoms with Gasteiger partial charge in [0.05, 0.1) is 10.6 Å². The van der Waals surface area contributed by atoms with Crippen LogP contribution in [-0.4, -0.2) is 23.1 Å². The van der Waals surface area contributed by atoms with Crippen molar-refractivity contribution in [1.82, 2.24) is 4.98 Å². The van der Waals surface area contributed by atoms with Crippen molar-refractivity contribution in [2.24, 2.45) is 0 Å². The zero-order valence-electron chi connectivity index (χ0n) is 9.97. The van der Waals surface area contributed by atoms with Gasteiger partial charge in [-0.15, -0.1) is 0 Å². The molecule has 98 valence electrons. The number of rotatable bonds is 3. The molecule has 19 heavy (non-hydrogen) atoms. The van der Waals surface area contributed by atoms with Crippen LogP contribution in [0.2, 0.25) is 5.02 Å². The fraction of sp³-hybridized carbons (Fsp3) is 0.0769. The molecule has 0 aliphatic rings. The lowest BCUT2D eigenvalue weighted by molar-refractivity contribution is 0.0696. The Morgan fingerprint density at radius 2 is 2.00 bits per heavy atom. The maximum Gasteiger partial charge on any atom is 0.337 e. The second kappa shape index (κ2) is 5.24. The zero-order chi connectivity index (χ0) is 14.0. The standard InChI is InChI=1S/C13H10ClFN2O2/c1-17(10-4-2-9(15)3-5-10)12-11(14)6-8(7-16-12)13(18)19/h2-7H,1H3,(H,18,19). The summed E-state index contributed by atoms with van der Waals surface area (Å²) in [6.45, 7) is 0. The van der Waals surface area contributed by atoms with Crippen molar-refractivity contribution in [2.45, 2.75) is 0 Å². The van der Waals surface area contributed by atoms with Crippen LogP contribution < -0.4 is 4.90 Å². The number of hydrogen-bond donors (Lipinski definition) is 1. The second-order valence-electron chi connectivity index (χ2n) is 3.87. The predicted octanol–water partition coefficient (Wildman–Crippen LogP) is 3.34. The highest BCUT2D eigenvalue weighted by Crippen LogP contribution is 2.29. The third kappa shape index (κ3) is 2.82. The van der Waals surface area contributed by atoms with Crippen LogP contribution >= 0.6 is 11.6 Å². The van der Waals surface area contributed by atoms with E-state index in [0.29, 0.717) is 11.5 Å². The van der Waals surface area contributed by atoms with Crippen molar-refractivity contribution in [3.8, 4) is 0 Å². The average Bonchev–Trinajstić information content (AvgIpc) is 2.38. The minimum absolute atomic E-state index is 0.0151. The van der Waals surface area contributed by atoms with Gasteiger partial charge in [0, 0.05) is 18.9 Å². The van der Waals surface area contributed by atoms with Gasteiger partial charge in [0.25, 0.3) is 0 Å². The molecule has 0 unspecified atom stereocenters. The van der Waals surface area contributed by atoms with Gasteiger partial charge in [-0.2, -0.15) is 0 Å². The number of carboxylic acid groups (broad SMARTS) is 1. The molecule has 2 rings (SSSR count). The molecule has 0 aliphatic carbocycles. The van der Waals surface area contributed by atoms with Gasteiger partial charge in [0.15, 0.2) is 5.82 Å². The Labute approximate surface area is 114 Å². The Kier molecular flexibility index (Phi) is 3.66. The second-order valence-corrected chi connectivity index (χ2v) is 4.28. The minimum Gasteiger partial charge on any atom is -0.478 e. The molecule has 0 saturated heterocycles. The summed E-state index contributed by atoms with van der Waals surface area (Å²) in [4.78, 5) is 16.5. The first-order valence-electron chi connectivity index (χ1n) is 5.37. The molecule has 0 bridgehead atoms. The summed E-state index contributed by atoms with van der Waals surface area (Å²) in [6, 6.07) is 7.14. The lowest BCUT2D eigenvalue weighted by Gasteiger charge is -2.19. The molecular formula is C13H10ClFN2O2. The van der Waals surface area contributed by atoms with E-state index in [1.807, 2.05) is 0 Å². The summed E-state index contributed by atoms with van der Waals surface area (Å²) in [5.41, 5.74) is 0.708. The van der Waals surface area contributed by atoms with Crippen LogP contribution in [0.3, 0.4) is 0 Å². The van der Waals surface area contributed by atoms with E-state index in [2.05, 4.69) is 4.98 Å². The van der Waals surface area contributed by atoms with Gasteiger partial charge in [-0.25, -0.2) is 14.2 Å². The van der Waals surface area contributed by atoms with Gasteiger partial charge >= 0.3 is 5.97 Å². The topological polar surface area (TPSA) is 53.4 Å². The summed E-state index contributed by atoms with van der Waals surface area (Å²) in [7, 11) is 1.71. The number of carboxylic acids is 1. The summed E-state index contributed by atoms with van der Waals surface area (Å²) in [6.07, 6.45) is 1.23. The number of hydrogen-bond acceptors (Lipinski definition) is 3. The van der Waals surface area contributed by atoms with Gasteiger partial charge in [-0.05, 0) is 30.3 Å². The number of carbonyl (C=O) groups is 1. The third-order valence-electron chi connectivity index (χ3n) is 2.60. The van der Waals surface area contributed by atoms with Crippen LogP contribution in [0.4, 0.5) is 15.9 Å². The molecule has 0 radical (unpaired) electrons. The Bertz CT molecular complexity index is 617. The van der Waals surface area contributed by atoms with Crippen molar-refractivity contribution < 1.29 is 14.3 Å². The molecule has 4 nitrogen and oxygen atoms in total. The fourth-order valence-corrected chi connectivity index (χ4v) is 1.87. The van der Waals surface area contributed by atoms with Crippen LogP contribution in [0.15, 0.2) is 36.5 Å². The predicted molar refractivity (Wildman–Crippen MR) is 70.7 cm³/mol. The molecule has 2 aromatic rings. The molecule has 0 saturated carbocycles. The van der Waals surface area contributed by atoms with Crippen molar-refractivity contribution in [3.05, 3.63) is 52.9 Å². The van der Waals surface area contributed by atoms with Crippen molar-refractivity contribution in [2.75, 3.05) is 11.9 Å². The smallest absolute Gasteiger partial charge is 0.337 e. The monoisotopic (exact) mass is 280 g/mol. The van der Waals surface area contributed by atoms with E-state index >= 15 is 0 Å². The van der Waals surface area contributed by atoms with Crippen LogP contribution in [0.5, 0.6) is 0 Å². The number of benzene rings is 1. The highest BCUT2D eigenvalue weighted by atomic mass is 35.5. The molecule has 1 heterocycles. The molecule has 6 heteroatoms. The van der Waals surface area contributed by atoms with Gasteiger partial charge in [-0.3, -0.25) is 0 Å². The normalized spacial score (nSPS) is 10.3. The zero-order valence-corrected chi connectivity index (χ0v) is 10.7. The first-order chi connectivity index (χ1) is 8.99. The maximum absolute atomic E-state index is 12.8. The first-order valence-corrected chi connectivity index (χ1v) is 5.75. The molecule has 0 atom stereocenters. The SMILES string of the molecule is CN(c1ccc(F)cc1)c1ncc(C(=O)O)cc1Cl. The van der Waals surface area contributed by atoms with Crippen LogP contribution in [0.25, 0.3) is 0 Å². The van der Waals surface area contributed by atoms with E-state index in [4.69, 9.17) is 16.7 Å². The van der Waals surface area contributed by atoms with E-state index in [9.17, 15) is 9.18 Å². The van der Waals surface area contributed by atoms with Crippen LogP contribution in [0, 0.1) is 5.82 Å². The van der Waals surface area contributed by atoms with E-state index < -0.39 is 5.97 Å². The van der Waals surface area contributed by atoms with Crippen LogP contribution in [0.1, 0.15) is 10.4 Å². The summed E-state index contributed by atoms with van der Waals surface area (Å²) >= 11 is 6.01. The molecular weight excluding hydrogens is 271 g/mol. The maximum atomic E-state index is 12.8. The minimum atomic E-state index is -1.09. The summed E-state index contributed by atoms with van der Waals surface area (Å²) < 4.78 is 12.8. The molecule has 0 aliphatic heterocycles. The number of anilines is 2. The quantitative estimate of drug-likeness (QED) is 0.937. The van der Waals surface area contributed by atoms with Crippen molar-refractivity contribution in [3.63, 3.8) is 0 Å². The molecule has 0 fully saturated rings. The largest absolute Gasteiger partial charge is 0.478 e. The Morgan fingerprint density at radius 3 is 2.53 bits per heavy atom. The highest BCUT2D eigenvalue weighted by molar-refractivity contribution is 6.33. The van der Waals surface area contributed by atoms with E-state index in [1.54, 1.807) is 24.1 Å². The molecule has 0 spiro atoms. The van der Waals surface area contributed by atoms with Crippen LogP contribution in [-0.2, 0) is 0 Å². The number of aromatic nitrogens is 1.